The number of anilines is 1. The van der Waals surface area contributed by atoms with E-state index in [1.54, 1.807) is 0 Å². The number of hydrogen-bond donors (Lipinski definition) is 1. The zero-order valence-electron chi connectivity index (χ0n) is 12.6. The second-order valence-electron chi connectivity index (χ2n) is 5.47. The van der Waals surface area contributed by atoms with Gasteiger partial charge in [0.2, 0.25) is 0 Å². The molecule has 0 aromatic carbocycles. The zero-order chi connectivity index (χ0) is 14.7. The molecule has 3 rings (SSSR count). The number of pyridine rings is 1. The van der Waals surface area contributed by atoms with Crippen molar-refractivity contribution in [2.45, 2.75) is 32.4 Å². The topological polar surface area (TPSA) is 53.9 Å². The number of nitrogens with zero attached hydrogens (tertiary/aromatic N) is 4. The van der Waals surface area contributed by atoms with Crippen molar-refractivity contribution in [1.29, 1.82) is 0 Å². The number of aromatic nitrogens is 3. The summed E-state index contributed by atoms with van der Waals surface area (Å²) in [6.07, 6.45) is 7.88. The summed E-state index contributed by atoms with van der Waals surface area (Å²) in [5, 5.41) is 3.17. The van der Waals surface area contributed by atoms with Crippen molar-refractivity contribution in [3.8, 4) is 0 Å². The summed E-state index contributed by atoms with van der Waals surface area (Å²) in [5.74, 6) is 0.957. The average Bonchev–Trinajstić information content (AvgIpc) is 2.96. The van der Waals surface area contributed by atoms with E-state index >= 15 is 0 Å². The largest absolute Gasteiger partial charge is 0.373 e. The van der Waals surface area contributed by atoms with E-state index in [0.717, 1.165) is 36.7 Å². The van der Waals surface area contributed by atoms with Crippen LogP contribution in [-0.4, -0.2) is 33.4 Å². The minimum atomic E-state index is 0.363. The molecule has 1 saturated heterocycles. The van der Waals surface area contributed by atoms with Crippen LogP contribution in [0.4, 0.5) is 5.82 Å². The Bertz CT molecular complexity index is 613. The summed E-state index contributed by atoms with van der Waals surface area (Å²) < 4.78 is 0. The van der Waals surface area contributed by atoms with Crippen LogP contribution in [0, 0.1) is 6.92 Å². The fourth-order valence-electron chi connectivity index (χ4n) is 3.00. The van der Waals surface area contributed by atoms with Crippen LogP contribution in [0.5, 0.6) is 0 Å². The van der Waals surface area contributed by atoms with E-state index < -0.39 is 0 Å². The van der Waals surface area contributed by atoms with Gasteiger partial charge < -0.3 is 5.32 Å². The van der Waals surface area contributed by atoms with Gasteiger partial charge in [-0.15, -0.1) is 0 Å². The van der Waals surface area contributed by atoms with Crippen molar-refractivity contribution >= 4 is 5.82 Å². The average molecular weight is 283 g/mol. The minimum absolute atomic E-state index is 0.363. The SMILES string of the molecule is CNc1ncccc1CN1CCCC1c1cncc(C)n1. The summed E-state index contributed by atoms with van der Waals surface area (Å²) in [5.41, 5.74) is 3.30. The van der Waals surface area contributed by atoms with Gasteiger partial charge in [0.05, 0.1) is 17.4 Å². The van der Waals surface area contributed by atoms with E-state index in [-0.39, 0.29) is 0 Å². The second kappa shape index (κ2) is 6.18. The summed E-state index contributed by atoms with van der Waals surface area (Å²) >= 11 is 0. The Kier molecular flexibility index (Phi) is 4.10. The molecule has 1 aliphatic heterocycles. The maximum atomic E-state index is 4.65. The highest BCUT2D eigenvalue weighted by Crippen LogP contribution is 2.32. The molecule has 110 valence electrons. The van der Waals surface area contributed by atoms with Crippen LogP contribution in [0.3, 0.4) is 0 Å². The van der Waals surface area contributed by atoms with E-state index in [9.17, 15) is 0 Å². The Hall–Kier alpha value is -2.01. The van der Waals surface area contributed by atoms with Gasteiger partial charge in [-0.3, -0.25) is 14.9 Å². The van der Waals surface area contributed by atoms with Gasteiger partial charge in [0.25, 0.3) is 0 Å². The first kappa shape index (κ1) is 13.9. The first-order chi connectivity index (χ1) is 10.3. The lowest BCUT2D eigenvalue weighted by molar-refractivity contribution is 0.244. The molecule has 1 aliphatic rings. The Morgan fingerprint density at radius 1 is 1.38 bits per heavy atom. The lowest BCUT2D eigenvalue weighted by Crippen LogP contribution is -2.24. The molecule has 0 radical (unpaired) electrons. The quantitative estimate of drug-likeness (QED) is 0.934. The molecule has 1 fully saturated rings. The van der Waals surface area contributed by atoms with Gasteiger partial charge in [-0.2, -0.15) is 0 Å². The molecule has 5 heteroatoms. The van der Waals surface area contributed by atoms with Gasteiger partial charge in [-0.1, -0.05) is 6.07 Å². The van der Waals surface area contributed by atoms with Gasteiger partial charge in [0.15, 0.2) is 0 Å². The first-order valence-electron chi connectivity index (χ1n) is 7.42. The summed E-state index contributed by atoms with van der Waals surface area (Å²) in [6.45, 7) is 3.98. The Morgan fingerprint density at radius 2 is 2.29 bits per heavy atom. The van der Waals surface area contributed by atoms with Gasteiger partial charge in [0.1, 0.15) is 5.82 Å². The number of nitrogens with one attached hydrogen (secondary N) is 1. The first-order valence-corrected chi connectivity index (χ1v) is 7.42. The number of aryl methyl sites for hydroxylation is 1. The Balaban J connectivity index is 1.81. The summed E-state index contributed by atoms with van der Waals surface area (Å²) in [6, 6.07) is 4.49. The highest BCUT2D eigenvalue weighted by molar-refractivity contribution is 5.42. The van der Waals surface area contributed by atoms with E-state index in [4.69, 9.17) is 0 Å². The molecule has 1 atom stereocenters. The zero-order valence-corrected chi connectivity index (χ0v) is 12.6. The molecular formula is C16H21N5. The van der Waals surface area contributed by atoms with E-state index in [1.807, 2.05) is 38.6 Å². The van der Waals surface area contributed by atoms with Gasteiger partial charge in [0, 0.05) is 37.7 Å². The standard InChI is InChI=1S/C16H21N5/c1-12-9-18-10-14(20-12)15-6-4-8-21(15)11-13-5-3-7-19-16(13)17-2/h3,5,7,9-10,15H,4,6,8,11H2,1-2H3,(H,17,19). The van der Waals surface area contributed by atoms with Crippen molar-refractivity contribution in [2.75, 3.05) is 18.9 Å². The van der Waals surface area contributed by atoms with E-state index in [1.165, 1.54) is 12.0 Å². The second-order valence-corrected chi connectivity index (χ2v) is 5.47. The lowest BCUT2D eigenvalue weighted by atomic mass is 10.1. The Labute approximate surface area is 125 Å². The fraction of sp³-hybridized carbons (Fsp3) is 0.438. The molecule has 0 bridgehead atoms. The van der Waals surface area contributed by atoms with Crippen LogP contribution >= 0.6 is 0 Å². The fourth-order valence-corrected chi connectivity index (χ4v) is 3.00. The van der Waals surface area contributed by atoms with E-state index in [0.29, 0.717) is 6.04 Å². The summed E-state index contributed by atoms with van der Waals surface area (Å²) in [4.78, 5) is 15.8. The maximum absolute atomic E-state index is 4.65. The number of hydrogen-bond acceptors (Lipinski definition) is 5. The molecule has 0 saturated carbocycles. The number of likely N-dealkylation sites (tertiary alicyclic amines) is 1. The van der Waals surface area contributed by atoms with Crippen LogP contribution in [0.1, 0.15) is 35.8 Å². The molecular weight excluding hydrogens is 262 g/mol. The minimum Gasteiger partial charge on any atom is -0.373 e. The normalized spacial score (nSPS) is 18.9. The smallest absolute Gasteiger partial charge is 0.130 e. The van der Waals surface area contributed by atoms with Crippen molar-refractivity contribution in [2.24, 2.45) is 0 Å². The lowest BCUT2D eigenvalue weighted by Gasteiger charge is -2.24. The molecule has 0 spiro atoms. The molecule has 0 aliphatic carbocycles. The third-order valence-corrected chi connectivity index (χ3v) is 3.98. The predicted molar refractivity (Wildman–Crippen MR) is 82.9 cm³/mol. The maximum Gasteiger partial charge on any atom is 0.130 e. The van der Waals surface area contributed by atoms with Crippen molar-refractivity contribution in [1.82, 2.24) is 19.9 Å². The molecule has 1 unspecified atom stereocenters. The predicted octanol–water partition coefficient (Wildman–Crippen LogP) is 2.56. The highest BCUT2D eigenvalue weighted by atomic mass is 15.2. The van der Waals surface area contributed by atoms with Crippen LogP contribution in [0.2, 0.25) is 0 Å². The molecule has 1 N–H and O–H groups in total. The van der Waals surface area contributed by atoms with Crippen molar-refractivity contribution < 1.29 is 0 Å². The van der Waals surface area contributed by atoms with Gasteiger partial charge in [-0.05, 0) is 32.4 Å². The molecule has 0 amide bonds. The molecule has 2 aromatic rings. The molecule has 5 nitrogen and oxygen atoms in total. The van der Waals surface area contributed by atoms with Crippen molar-refractivity contribution in [3.05, 3.63) is 47.7 Å². The molecule has 3 heterocycles. The summed E-state index contributed by atoms with van der Waals surface area (Å²) in [7, 11) is 1.92. The van der Waals surface area contributed by atoms with Crippen LogP contribution < -0.4 is 5.32 Å². The monoisotopic (exact) mass is 283 g/mol. The van der Waals surface area contributed by atoms with Gasteiger partial charge in [-0.25, -0.2) is 4.98 Å². The van der Waals surface area contributed by atoms with E-state index in [2.05, 4.69) is 31.2 Å². The van der Waals surface area contributed by atoms with Crippen molar-refractivity contribution in [3.63, 3.8) is 0 Å². The van der Waals surface area contributed by atoms with Crippen LogP contribution in [0.15, 0.2) is 30.7 Å². The van der Waals surface area contributed by atoms with Crippen LogP contribution in [-0.2, 0) is 6.54 Å². The third kappa shape index (κ3) is 3.03. The van der Waals surface area contributed by atoms with Gasteiger partial charge >= 0.3 is 0 Å². The third-order valence-electron chi connectivity index (χ3n) is 3.98. The molecule has 2 aromatic heterocycles. The Morgan fingerprint density at radius 3 is 3.10 bits per heavy atom. The molecule has 21 heavy (non-hydrogen) atoms. The van der Waals surface area contributed by atoms with Crippen LogP contribution in [0.25, 0.3) is 0 Å². The number of rotatable bonds is 4. The highest BCUT2D eigenvalue weighted by Gasteiger charge is 2.27.